The fourth-order valence-electron chi connectivity index (χ4n) is 2.51. The number of rotatable bonds is 5. The lowest BCUT2D eigenvalue weighted by atomic mass is 10.2. The van der Waals surface area contributed by atoms with Gasteiger partial charge in [0.25, 0.3) is 0 Å². The Hall–Kier alpha value is -1.91. The SMILES string of the molecule is CCN(c1ncc(/C=C/C(=O)O)cn1)C1CCCC1. The summed E-state index contributed by atoms with van der Waals surface area (Å²) in [7, 11) is 0. The summed E-state index contributed by atoms with van der Waals surface area (Å²) >= 11 is 0. The second kappa shape index (κ2) is 6.31. The van der Waals surface area contributed by atoms with Crippen LogP contribution in [0.5, 0.6) is 0 Å². The molecule has 1 N–H and O–H groups in total. The van der Waals surface area contributed by atoms with Crippen LogP contribution in [0.2, 0.25) is 0 Å². The van der Waals surface area contributed by atoms with E-state index in [9.17, 15) is 4.79 Å². The van der Waals surface area contributed by atoms with Crippen molar-refractivity contribution in [1.82, 2.24) is 9.97 Å². The number of aliphatic carboxylic acids is 1. The normalized spacial score (nSPS) is 16.1. The largest absolute Gasteiger partial charge is 0.478 e. The van der Waals surface area contributed by atoms with E-state index >= 15 is 0 Å². The van der Waals surface area contributed by atoms with Crippen molar-refractivity contribution in [1.29, 1.82) is 0 Å². The molecule has 1 aromatic rings. The Kier molecular flexibility index (Phi) is 4.49. The summed E-state index contributed by atoms with van der Waals surface area (Å²) in [6.45, 7) is 3.01. The number of nitrogens with zero attached hydrogens (tertiary/aromatic N) is 3. The van der Waals surface area contributed by atoms with Gasteiger partial charge in [-0.05, 0) is 25.8 Å². The van der Waals surface area contributed by atoms with Gasteiger partial charge in [0.15, 0.2) is 0 Å². The molecule has 1 saturated carbocycles. The number of hydrogen-bond donors (Lipinski definition) is 1. The lowest BCUT2D eigenvalue weighted by molar-refractivity contribution is -0.131. The highest BCUT2D eigenvalue weighted by molar-refractivity contribution is 5.85. The Morgan fingerprint density at radius 3 is 2.58 bits per heavy atom. The minimum Gasteiger partial charge on any atom is -0.478 e. The summed E-state index contributed by atoms with van der Waals surface area (Å²) in [5.74, 6) is -0.230. The van der Waals surface area contributed by atoms with E-state index in [1.54, 1.807) is 12.4 Å². The summed E-state index contributed by atoms with van der Waals surface area (Å²) in [6.07, 6.45) is 10.9. The molecule has 1 aromatic heterocycles. The highest BCUT2D eigenvalue weighted by Gasteiger charge is 2.23. The van der Waals surface area contributed by atoms with E-state index in [1.165, 1.54) is 31.8 Å². The van der Waals surface area contributed by atoms with E-state index in [1.807, 2.05) is 0 Å². The van der Waals surface area contributed by atoms with Gasteiger partial charge in [-0.15, -0.1) is 0 Å². The molecular formula is C14H19N3O2. The van der Waals surface area contributed by atoms with Crippen molar-refractivity contribution in [3.8, 4) is 0 Å². The van der Waals surface area contributed by atoms with Gasteiger partial charge in [0, 0.05) is 36.6 Å². The number of carboxylic acids is 1. The average Bonchev–Trinajstić information content (AvgIpc) is 2.92. The van der Waals surface area contributed by atoms with Gasteiger partial charge < -0.3 is 10.0 Å². The molecule has 0 radical (unpaired) electrons. The summed E-state index contributed by atoms with van der Waals surface area (Å²) in [4.78, 5) is 21.4. The molecule has 0 aliphatic heterocycles. The highest BCUT2D eigenvalue weighted by Crippen LogP contribution is 2.25. The van der Waals surface area contributed by atoms with Crippen LogP contribution < -0.4 is 4.90 Å². The topological polar surface area (TPSA) is 66.3 Å². The molecule has 0 atom stereocenters. The van der Waals surface area contributed by atoms with E-state index in [4.69, 9.17) is 5.11 Å². The predicted molar refractivity (Wildman–Crippen MR) is 74.0 cm³/mol. The Labute approximate surface area is 113 Å². The first kappa shape index (κ1) is 13.5. The Balaban J connectivity index is 2.09. The van der Waals surface area contributed by atoms with Crippen LogP contribution in [0.1, 0.15) is 38.2 Å². The second-order valence-corrected chi connectivity index (χ2v) is 4.71. The van der Waals surface area contributed by atoms with E-state index in [0.29, 0.717) is 11.6 Å². The molecule has 0 unspecified atom stereocenters. The minimum absolute atomic E-state index is 0.547. The van der Waals surface area contributed by atoms with E-state index in [2.05, 4.69) is 21.8 Å². The first-order valence-electron chi connectivity index (χ1n) is 6.70. The molecule has 102 valence electrons. The Morgan fingerprint density at radius 1 is 1.42 bits per heavy atom. The second-order valence-electron chi connectivity index (χ2n) is 4.71. The van der Waals surface area contributed by atoms with Gasteiger partial charge >= 0.3 is 5.97 Å². The molecule has 0 spiro atoms. The van der Waals surface area contributed by atoms with Crippen LogP contribution in [-0.4, -0.2) is 33.6 Å². The van der Waals surface area contributed by atoms with E-state index < -0.39 is 5.97 Å². The molecule has 1 aliphatic rings. The molecule has 0 bridgehead atoms. The quantitative estimate of drug-likeness (QED) is 0.824. The average molecular weight is 261 g/mol. The maximum absolute atomic E-state index is 10.4. The number of carboxylic acid groups (broad SMARTS) is 1. The van der Waals surface area contributed by atoms with Crippen LogP contribution in [0.25, 0.3) is 6.08 Å². The minimum atomic E-state index is -0.967. The molecular weight excluding hydrogens is 242 g/mol. The van der Waals surface area contributed by atoms with Crippen LogP contribution in [0, 0.1) is 0 Å². The standard InChI is InChI=1S/C14H19N3O2/c1-2-17(12-5-3-4-6-12)14-15-9-11(10-16-14)7-8-13(18)19/h7-10,12H,2-6H2,1H3,(H,18,19)/b8-7+. The smallest absolute Gasteiger partial charge is 0.328 e. The fourth-order valence-corrected chi connectivity index (χ4v) is 2.51. The third kappa shape index (κ3) is 3.53. The Morgan fingerprint density at radius 2 is 2.05 bits per heavy atom. The van der Waals surface area contributed by atoms with E-state index in [0.717, 1.165) is 18.6 Å². The van der Waals surface area contributed by atoms with Gasteiger partial charge in [0.05, 0.1) is 0 Å². The highest BCUT2D eigenvalue weighted by atomic mass is 16.4. The van der Waals surface area contributed by atoms with Crippen molar-refractivity contribution in [3.05, 3.63) is 24.0 Å². The van der Waals surface area contributed by atoms with Crippen molar-refractivity contribution < 1.29 is 9.90 Å². The van der Waals surface area contributed by atoms with Gasteiger partial charge in [-0.1, -0.05) is 12.8 Å². The van der Waals surface area contributed by atoms with Gasteiger partial charge in [-0.25, -0.2) is 14.8 Å². The molecule has 1 fully saturated rings. The molecule has 0 amide bonds. The summed E-state index contributed by atoms with van der Waals surface area (Å²) < 4.78 is 0. The van der Waals surface area contributed by atoms with Crippen LogP contribution in [0.4, 0.5) is 5.95 Å². The van der Waals surface area contributed by atoms with Gasteiger partial charge in [0.1, 0.15) is 0 Å². The van der Waals surface area contributed by atoms with Crippen molar-refractivity contribution in [2.45, 2.75) is 38.6 Å². The third-order valence-electron chi connectivity index (χ3n) is 3.44. The van der Waals surface area contributed by atoms with Crippen molar-refractivity contribution in [2.75, 3.05) is 11.4 Å². The lowest BCUT2D eigenvalue weighted by Gasteiger charge is -2.27. The number of carbonyl (C=O) groups is 1. The summed E-state index contributed by atoms with van der Waals surface area (Å²) in [5.41, 5.74) is 0.702. The zero-order chi connectivity index (χ0) is 13.7. The van der Waals surface area contributed by atoms with Crippen molar-refractivity contribution in [3.63, 3.8) is 0 Å². The van der Waals surface area contributed by atoms with Gasteiger partial charge in [-0.3, -0.25) is 0 Å². The maximum Gasteiger partial charge on any atom is 0.328 e. The zero-order valence-corrected chi connectivity index (χ0v) is 11.1. The molecule has 0 aromatic carbocycles. The van der Waals surface area contributed by atoms with Crippen molar-refractivity contribution >= 4 is 18.0 Å². The predicted octanol–water partition coefficient (Wildman–Crippen LogP) is 2.34. The lowest BCUT2D eigenvalue weighted by Crippen LogP contribution is -2.34. The Bertz CT molecular complexity index is 450. The molecule has 0 saturated heterocycles. The van der Waals surface area contributed by atoms with E-state index in [-0.39, 0.29) is 0 Å². The van der Waals surface area contributed by atoms with Crippen LogP contribution in [0.15, 0.2) is 18.5 Å². The molecule has 1 aliphatic carbocycles. The molecule has 19 heavy (non-hydrogen) atoms. The first-order chi connectivity index (χ1) is 9.20. The molecule has 5 heteroatoms. The number of hydrogen-bond acceptors (Lipinski definition) is 4. The van der Waals surface area contributed by atoms with Crippen LogP contribution in [-0.2, 0) is 4.79 Å². The summed E-state index contributed by atoms with van der Waals surface area (Å²) in [6, 6.07) is 0.547. The third-order valence-corrected chi connectivity index (χ3v) is 3.44. The first-order valence-corrected chi connectivity index (χ1v) is 6.70. The van der Waals surface area contributed by atoms with Crippen molar-refractivity contribution in [2.24, 2.45) is 0 Å². The fraction of sp³-hybridized carbons (Fsp3) is 0.500. The number of anilines is 1. The molecule has 2 rings (SSSR count). The maximum atomic E-state index is 10.4. The molecule has 1 heterocycles. The van der Waals surface area contributed by atoms with Crippen LogP contribution in [0.3, 0.4) is 0 Å². The monoisotopic (exact) mass is 261 g/mol. The zero-order valence-electron chi connectivity index (χ0n) is 11.1. The number of aromatic nitrogens is 2. The van der Waals surface area contributed by atoms with Crippen LogP contribution >= 0.6 is 0 Å². The van der Waals surface area contributed by atoms with Gasteiger partial charge in [-0.2, -0.15) is 0 Å². The molecule has 5 nitrogen and oxygen atoms in total. The van der Waals surface area contributed by atoms with Gasteiger partial charge in [0.2, 0.25) is 5.95 Å². The summed E-state index contributed by atoms with van der Waals surface area (Å²) in [5, 5.41) is 8.56.